The van der Waals surface area contributed by atoms with E-state index in [4.69, 9.17) is 28.3 Å². The van der Waals surface area contributed by atoms with Gasteiger partial charge in [0, 0.05) is 26.3 Å². The molecule has 116 valence electrons. The molecule has 0 saturated carbocycles. The van der Waals surface area contributed by atoms with Crippen LogP contribution in [0.5, 0.6) is 0 Å². The Morgan fingerprint density at radius 3 is 2.65 bits per heavy atom. The lowest BCUT2D eigenvalue weighted by Crippen LogP contribution is -2.04. The Kier molecular flexibility index (Phi) is 3.99. The summed E-state index contributed by atoms with van der Waals surface area (Å²) in [6.45, 7) is 0.905. The molecule has 0 amide bonds. The minimum absolute atomic E-state index is 0.660. The Balaban J connectivity index is 1.91. The number of aromatic nitrogens is 2. The van der Waals surface area contributed by atoms with Crippen LogP contribution >= 0.6 is 45.8 Å². The second-order valence-electron chi connectivity index (χ2n) is 5.36. The minimum Gasteiger partial charge on any atom is -0.369 e. The summed E-state index contributed by atoms with van der Waals surface area (Å²) in [5.41, 5.74) is 3.99. The van der Waals surface area contributed by atoms with Crippen LogP contribution in [-0.4, -0.2) is 16.3 Å². The normalized spacial score (nSPS) is 13.0. The zero-order valence-electron chi connectivity index (χ0n) is 12.0. The van der Waals surface area contributed by atoms with Crippen molar-refractivity contribution < 1.29 is 0 Å². The lowest BCUT2D eigenvalue weighted by Gasteiger charge is -2.06. The lowest BCUT2D eigenvalue weighted by molar-refractivity contribution is 0.882. The molecule has 0 saturated heterocycles. The highest BCUT2D eigenvalue weighted by atomic mass is 127. The van der Waals surface area contributed by atoms with Gasteiger partial charge in [-0.15, -0.1) is 0 Å². The number of hydrogen-bond donors (Lipinski definition) is 1. The van der Waals surface area contributed by atoms with Gasteiger partial charge < -0.3 is 5.32 Å². The molecule has 2 heterocycles. The van der Waals surface area contributed by atoms with Gasteiger partial charge in [0.1, 0.15) is 5.82 Å². The molecule has 0 fully saturated rings. The zero-order valence-corrected chi connectivity index (χ0v) is 15.7. The molecule has 4 rings (SSSR count). The summed E-state index contributed by atoms with van der Waals surface area (Å²) in [6.07, 6.45) is 0.928. The number of benzene rings is 2. The van der Waals surface area contributed by atoms with Crippen LogP contribution in [0.3, 0.4) is 0 Å². The van der Waals surface area contributed by atoms with Gasteiger partial charge in [0.25, 0.3) is 0 Å². The maximum atomic E-state index is 6.38. The Bertz CT molecular complexity index is 888. The number of hydrogen-bond acceptors (Lipinski definition) is 2. The van der Waals surface area contributed by atoms with Crippen LogP contribution < -0.4 is 5.32 Å². The Morgan fingerprint density at radius 1 is 1.09 bits per heavy atom. The number of nitrogens with one attached hydrogen (secondary N) is 1. The first-order valence-electron chi connectivity index (χ1n) is 7.20. The topological polar surface area (TPSA) is 29.9 Å². The fourth-order valence-electron chi connectivity index (χ4n) is 2.84. The molecule has 1 aliphatic rings. The number of rotatable bonds is 2. The van der Waals surface area contributed by atoms with E-state index in [1.165, 1.54) is 9.13 Å². The maximum absolute atomic E-state index is 6.38. The van der Waals surface area contributed by atoms with E-state index in [2.05, 4.69) is 52.2 Å². The number of anilines is 1. The Morgan fingerprint density at radius 2 is 1.87 bits per heavy atom. The van der Waals surface area contributed by atoms with Crippen molar-refractivity contribution in [3.63, 3.8) is 0 Å². The maximum Gasteiger partial charge on any atom is 0.133 e. The van der Waals surface area contributed by atoms with E-state index >= 15 is 0 Å². The van der Waals surface area contributed by atoms with E-state index in [1.807, 2.05) is 16.8 Å². The Hall–Kier alpha value is -1.24. The Labute approximate surface area is 157 Å². The standard InChI is InChI=1S/C17H12Cl2IN3/c18-10-1-6-15(19)14(9-10)16-13-7-8-21-17(13)23(22-16)12-4-2-11(20)3-5-12/h1-6,9,21H,7-8H2. The first-order valence-corrected chi connectivity index (χ1v) is 9.04. The smallest absolute Gasteiger partial charge is 0.133 e. The summed E-state index contributed by atoms with van der Waals surface area (Å²) in [5.74, 6) is 1.04. The summed E-state index contributed by atoms with van der Waals surface area (Å²) in [7, 11) is 0. The van der Waals surface area contributed by atoms with Crippen molar-refractivity contribution in [1.29, 1.82) is 0 Å². The summed E-state index contributed by atoms with van der Waals surface area (Å²) in [5, 5.41) is 9.56. The molecule has 0 spiro atoms. The molecule has 0 atom stereocenters. The summed E-state index contributed by atoms with van der Waals surface area (Å²) in [6, 6.07) is 13.8. The zero-order chi connectivity index (χ0) is 16.0. The second kappa shape index (κ2) is 6.00. The van der Waals surface area contributed by atoms with Gasteiger partial charge in [-0.05, 0) is 71.5 Å². The van der Waals surface area contributed by atoms with Gasteiger partial charge in [0.05, 0.1) is 16.4 Å². The quantitative estimate of drug-likeness (QED) is 0.523. The fourth-order valence-corrected chi connectivity index (χ4v) is 3.58. The third-order valence-electron chi connectivity index (χ3n) is 3.91. The first-order chi connectivity index (χ1) is 11.1. The summed E-state index contributed by atoms with van der Waals surface area (Å²) < 4.78 is 3.14. The second-order valence-corrected chi connectivity index (χ2v) is 7.45. The SMILES string of the molecule is Clc1ccc(Cl)c(-c2nn(-c3ccc(I)cc3)c3c2CCN3)c1. The van der Waals surface area contributed by atoms with E-state index in [0.717, 1.165) is 35.7 Å². The molecular formula is C17H12Cl2IN3. The number of halogens is 3. The van der Waals surface area contributed by atoms with E-state index in [9.17, 15) is 0 Å². The molecule has 3 aromatic rings. The van der Waals surface area contributed by atoms with E-state index in [1.54, 1.807) is 6.07 Å². The van der Waals surface area contributed by atoms with Crippen molar-refractivity contribution >= 4 is 51.6 Å². The number of nitrogens with zero attached hydrogens (tertiary/aromatic N) is 2. The fraction of sp³-hybridized carbons (Fsp3) is 0.118. The minimum atomic E-state index is 0.660. The molecule has 0 radical (unpaired) electrons. The van der Waals surface area contributed by atoms with Crippen molar-refractivity contribution in [2.45, 2.75) is 6.42 Å². The van der Waals surface area contributed by atoms with Crippen molar-refractivity contribution in [2.24, 2.45) is 0 Å². The molecule has 1 aliphatic heterocycles. The molecule has 1 N–H and O–H groups in total. The van der Waals surface area contributed by atoms with Crippen LogP contribution in [0.4, 0.5) is 5.82 Å². The molecule has 6 heteroatoms. The van der Waals surface area contributed by atoms with E-state index in [0.29, 0.717) is 10.0 Å². The van der Waals surface area contributed by atoms with Crippen molar-refractivity contribution in [3.8, 4) is 16.9 Å². The van der Waals surface area contributed by atoms with Crippen LogP contribution in [0.15, 0.2) is 42.5 Å². The largest absolute Gasteiger partial charge is 0.369 e. The van der Waals surface area contributed by atoms with Gasteiger partial charge in [-0.25, -0.2) is 4.68 Å². The van der Waals surface area contributed by atoms with Crippen LogP contribution in [0, 0.1) is 3.57 Å². The van der Waals surface area contributed by atoms with Crippen LogP contribution in [-0.2, 0) is 6.42 Å². The van der Waals surface area contributed by atoms with Gasteiger partial charge in [0.15, 0.2) is 0 Å². The molecule has 0 aliphatic carbocycles. The third kappa shape index (κ3) is 2.73. The highest BCUT2D eigenvalue weighted by Crippen LogP contribution is 2.38. The molecular weight excluding hydrogens is 444 g/mol. The lowest BCUT2D eigenvalue weighted by atomic mass is 10.1. The highest BCUT2D eigenvalue weighted by molar-refractivity contribution is 14.1. The predicted octanol–water partition coefficient (Wildman–Crippen LogP) is 5.42. The van der Waals surface area contributed by atoms with Gasteiger partial charge in [-0.1, -0.05) is 23.2 Å². The average Bonchev–Trinajstić information content (AvgIpc) is 3.13. The van der Waals surface area contributed by atoms with Gasteiger partial charge in [0.2, 0.25) is 0 Å². The van der Waals surface area contributed by atoms with Crippen molar-refractivity contribution in [3.05, 3.63) is 61.6 Å². The summed E-state index contributed by atoms with van der Waals surface area (Å²) >= 11 is 14.8. The molecule has 0 unspecified atom stereocenters. The molecule has 2 aromatic carbocycles. The van der Waals surface area contributed by atoms with Gasteiger partial charge in [-0.2, -0.15) is 5.10 Å². The molecule has 0 bridgehead atoms. The highest BCUT2D eigenvalue weighted by Gasteiger charge is 2.25. The van der Waals surface area contributed by atoms with E-state index < -0.39 is 0 Å². The number of fused-ring (bicyclic) bond motifs is 1. The average molecular weight is 456 g/mol. The predicted molar refractivity (Wildman–Crippen MR) is 104 cm³/mol. The summed E-state index contributed by atoms with van der Waals surface area (Å²) in [4.78, 5) is 0. The van der Waals surface area contributed by atoms with Crippen molar-refractivity contribution in [2.75, 3.05) is 11.9 Å². The first kappa shape index (κ1) is 15.3. The molecule has 3 nitrogen and oxygen atoms in total. The van der Waals surface area contributed by atoms with Crippen molar-refractivity contribution in [1.82, 2.24) is 9.78 Å². The molecule has 1 aromatic heterocycles. The van der Waals surface area contributed by atoms with Crippen LogP contribution in [0.2, 0.25) is 10.0 Å². The van der Waals surface area contributed by atoms with E-state index in [-0.39, 0.29) is 0 Å². The van der Waals surface area contributed by atoms with Crippen LogP contribution in [0.1, 0.15) is 5.56 Å². The monoisotopic (exact) mass is 455 g/mol. The van der Waals surface area contributed by atoms with Gasteiger partial charge >= 0.3 is 0 Å². The third-order valence-corrected chi connectivity index (χ3v) is 5.19. The molecule has 23 heavy (non-hydrogen) atoms. The van der Waals surface area contributed by atoms with Crippen LogP contribution in [0.25, 0.3) is 16.9 Å². The van der Waals surface area contributed by atoms with Gasteiger partial charge in [-0.3, -0.25) is 0 Å².